The van der Waals surface area contributed by atoms with Crippen molar-refractivity contribution in [2.45, 2.75) is 29.7 Å². The third-order valence-corrected chi connectivity index (χ3v) is 6.69. The van der Waals surface area contributed by atoms with Gasteiger partial charge >= 0.3 is 11.9 Å². The van der Waals surface area contributed by atoms with Crippen molar-refractivity contribution in [3.05, 3.63) is 77.1 Å². The highest BCUT2D eigenvalue weighted by Crippen LogP contribution is 2.58. The molecule has 0 aliphatic heterocycles. The summed E-state index contributed by atoms with van der Waals surface area (Å²) in [5.74, 6) is -4.93. The lowest BCUT2D eigenvalue weighted by Crippen LogP contribution is -2.11. The van der Waals surface area contributed by atoms with Gasteiger partial charge in [0.05, 0.1) is 10.5 Å². The highest BCUT2D eigenvalue weighted by Gasteiger charge is 2.44. The molecule has 0 saturated heterocycles. The van der Waals surface area contributed by atoms with Crippen LogP contribution in [-0.2, 0) is 16.0 Å². The van der Waals surface area contributed by atoms with Gasteiger partial charge in [0.15, 0.2) is 0 Å². The van der Waals surface area contributed by atoms with E-state index in [0.29, 0.717) is 16.7 Å². The van der Waals surface area contributed by atoms with E-state index >= 15 is 0 Å². The Morgan fingerprint density at radius 3 is 1.90 bits per heavy atom. The van der Waals surface area contributed by atoms with E-state index < -0.39 is 38.0 Å². The van der Waals surface area contributed by atoms with Crippen LogP contribution in [0.25, 0.3) is 11.1 Å². The molecule has 2 aliphatic rings. The minimum absolute atomic E-state index is 0.169. The standard InChI is InChI=1S/C21H14F6O2S/c22-18-6-3-13(9-17(18)21(25,26)27)16-11-20(7-8-20)10-15(16)12-1-4-14(5-2-12)30(28,29)19(23)24/h1-6,9-11,19H,7-8H2. The van der Waals surface area contributed by atoms with Gasteiger partial charge in [0.2, 0.25) is 9.84 Å². The van der Waals surface area contributed by atoms with Crippen LogP contribution >= 0.6 is 0 Å². The second-order valence-electron chi connectivity index (χ2n) is 7.37. The molecule has 0 bridgehead atoms. The number of hydrogen-bond acceptors (Lipinski definition) is 2. The smallest absolute Gasteiger partial charge is 0.218 e. The zero-order valence-corrected chi connectivity index (χ0v) is 16.0. The fraction of sp³-hybridized carbons (Fsp3) is 0.238. The zero-order valence-electron chi connectivity index (χ0n) is 15.2. The summed E-state index contributed by atoms with van der Waals surface area (Å²) < 4.78 is 102. The second-order valence-corrected chi connectivity index (χ2v) is 9.29. The molecule has 0 amide bonds. The van der Waals surface area contributed by atoms with Crippen LogP contribution in [0.3, 0.4) is 0 Å². The molecule has 2 aromatic carbocycles. The Morgan fingerprint density at radius 1 is 0.867 bits per heavy atom. The average molecular weight is 444 g/mol. The Hall–Kier alpha value is -2.55. The predicted molar refractivity (Wildman–Crippen MR) is 98.7 cm³/mol. The van der Waals surface area contributed by atoms with Gasteiger partial charge in [-0.15, -0.1) is 0 Å². The van der Waals surface area contributed by atoms with Crippen molar-refractivity contribution in [2.24, 2.45) is 5.41 Å². The molecule has 2 aromatic rings. The Kier molecular flexibility index (Phi) is 4.65. The molecule has 2 nitrogen and oxygen atoms in total. The maximum atomic E-state index is 13.7. The van der Waals surface area contributed by atoms with Gasteiger partial charge in [-0.2, -0.15) is 22.0 Å². The number of hydrogen-bond donors (Lipinski definition) is 0. The fourth-order valence-electron chi connectivity index (χ4n) is 3.52. The maximum absolute atomic E-state index is 13.7. The highest BCUT2D eigenvalue weighted by atomic mass is 32.2. The van der Waals surface area contributed by atoms with Gasteiger partial charge in [-0.1, -0.05) is 30.4 Å². The van der Waals surface area contributed by atoms with Gasteiger partial charge in [0.25, 0.3) is 0 Å². The summed E-state index contributed by atoms with van der Waals surface area (Å²) in [5.41, 5.74) is -0.0317. The van der Waals surface area contributed by atoms with E-state index in [1.54, 1.807) is 0 Å². The van der Waals surface area contributed by atoms with E-state index in [4.69, 9.17) is 0 Å². The van der Waals surface area contributed by atoms with E-state index in [1.165, 1.54) is 18.2 Å². The number of allylic oxidation sites excluding steroid dienone is 4. The molecular weight excluding hydrogens is 430 g/mol. The molecule has 0 atom stereocenters. The lowest BCUT2D eigenvalue weighted by atomic mass is 9.94. The van der Waals surface area contributed by atoms with E-state index in [2.05, 4.69) is 0 Å². The predicted octanol–water partition coefficient (Wildman–Crippen LogP) is 6.10. The first-order chi connectivity index (χ1) is 13.9. The molecule has 1 spiro atoms. The van der Waals surface area contributed by atoms with E-state index in [-0.39, 0.29) is 11.0 Å². The zero-order chi connectivity index (χ0) is 21.9. The molecule has 0 unspecified atom stereocenters. The van der Waals surface area contributed by atoms with Gasteiger partial charge in [0, 0.05) is 5.41 Å². The number of benzene rings is 2. The van der Waals surface area contributed by atoms with Gasteiger partial charge < -0.3 is 0 Å². The normalized spacial score (nSPS) is 18.0. The van der Waals surface area contributed by atoms with Crippen molar-refractivity contribution in [2.75, 3.05) is 0 Å². The monoisotopic (exact) mass is 444 g/mol. The minimum Gasteiger partial charge on any atom is -0.218 e. The summed E-state index contributed by atoms with van der Waals surface area (Å²) in [4.78, 5) is -0.548. The van der Waals surface area contributed by atoms with E-state index in [0.717, 1.165) is 37.1 Å². The first-order valence-electron chi connectivity index (χ1n) is 8.89. The first kappa shape index (κ1) is 20.7. The topological polar surface area (TPSA) is 34.1 Å². The number of rotatable bonds is 4. The summed E-state index contributed by atoms with van der Waals surface area (Å²) in [6.45, 7) is 0. The third-order valence-electron chi connectivity index (χ3n) is 5.29. The van der Waals surface area contributed by atoms with Gasteiger partial charge in [0.1, 0.15) is 5.82 Å². The Morgan fingerprint density at radius 2 is 1.40 bits per heavy atom. The molecule has 9 heteroatoms. The molecule has 0 N–H and O–H groups in total. The minimum atomic E-state index is -4.86. The Balaban J connectivity index is 1.76. The van der Waals surface area contributed by atoms with Crippen molar-refractivity contribution in [1.82, 2.24) is 0 Å². The molecular formula is C21H14F6O2S. The summed E-state index contributed by atoms with van der Waals surface area (Å²) in [6, 6.07) is 7.51. The number of halogens is 6. The fourth-order valence-corrected chi connectivity index (χ4v) is 4.24. The van der Waals surface area contributed by atoms with Crippen LogP contribution in [-0.4, -0.2) is 14.2 Å². The highest BCUT2D eigenvalue weighted by molar-refractivity contribution is 7.91. The van der Waals surface area contributed by atoms with E-state index in [1.807, 2.05) is 12.2 Å². The SMILES string of the molecule is O=S(=O)(c1ccc(C2=CC3(C=C2c2ccc(F)c(C(F)(F)F)c2)CC3)cc1)C(F)F. The lowest BCUT2D eigenvalue weighted by molar-refractivity contribution is -0.140. The second kappa shape index (κ2) is 6.73. The number of alkyl halides is 5. The molecule has 0 heterocycles. The quantitative estimate of drug-likeness (QED) is 0.534. The molecule has 30 heavy (non-hydrogen) atoms. The lowest BCUT2D eigenvalue weighted by Gasteiger charge is -2.14. The third kappa shape index (κ3) is 3.55. The Bertz CT molecular complexity index is 1170. The summed E-state index contributed by atoms with van der Waals surface area (Å²) in [7, 11) is -4.75. The van der Waals surface area contributed by atoms with Crippen LogP contribution in [0.1, 0.15) is 29.5 Å². The number of sulfone groups is 1. The van der Waals surface area contributed by atoms with Crippen molar-refractivity contribution in [3.63, 3.8) is 0 Å². The van der Waals surface area contributed by atoms with Crippen LogP contribution in [0.5, 0.6) is 0 Å². The van der Waals surface area contributed by atoms with Gasteiger partial charge in [-0.25, -0.2) is 12.8 Å². The van der Waals surface area contributed by atoms with Crippen molar-refractivity contribution in [3.8, 4) is 0 Å². The van der Waals surface area contributed by atoms with Crippen molar-refractivity contribution in [1.29, 1.82) is 0 Å². The van der Waals surface area contributed by atoms with Crippen LogP contribution < -0.4 is 0 Å². The van der Waals surface area contributed by atoms with Crippen molar-refractivity contribution < 1.29 is 34.8 Å². The summed E-state index contributed by atoms with van der Waals surface area (Å²) >= 11 is 0. The molecule has 0 aromatic heterocycles. The van der Waals surface area contributed by atoms with Crippen LogP contribution in [0.4, 0.5) is 26.3 Å². The van der Waals surface area contributed by atoms with Crippen LogP contribution in [0.2, 0.25) is 0 Å². The largest absolute Gasteiger partial charge is 0.419 e. The molecule has 1 saturated carbocycles. The molecule has 1 fully saturated rings. The van der Waals surface area contributed by atoms with Gasteiger partial charge in [-0.3, -0.25) is 0 Å². The maximum Gasteiger partial charge on any atom is 0.419 e. The van der Waals surface area contributed by atoms with Crippen LogP contribution in [0, 0.1) is 11.2 Å². The summed E-state index contributed by atoms with van der Waals surface area (Å²) in [5, 5.41) is 0. The molecule has 2 aliphatic carbocycles. The van der Waals surface area contributed by atoms with Crippen molar-refractivity contribution >= 4 is 21.0 Å². The molecule has 0 radical (unpaired) electrons. The Labute approximate surface area is 168 Å². The summed E-state index contributed by atoms with van der Waals surface area (Å²) in [6.07, 6.45) is 0.428. The molecule has 158 valence electrons. The average Bonchev–Trinajstić information content (AvgIpc) is 3.32. The van der Waals surface area contributed by atoms with Gasteiger partial charge in [-0.05, 0) is 59.4 Å². The molecule has 4 rings (SSSR count). The first-order valence-corrected chi connectivity index (χ1v) is 10.4. The van der Waals surface area contributed by atoms with Crippen LogP contribution in [0.15, 0.2) is 59.5 Å². The van der Waals surface area contributed by atoms with E-state index in [9.17, 15) is 34.8 Å².